The molecule has 3 aliphatic rings. The molecular weight excluding hydrogens is 354 g/mol. The molecular formula is C22H19N3O3. The number of carbonyl (C=O) groups is 2. The highest BCUT2D eigenvalue weighted by atomic mass is 16.5. The Morgan fingerprint density at radius 2 is 1.89 bits per heavy atom. The summed E-state index contributed by atoms with van der Waals surface area (Å²) in [6.07, 6.45) is 0.671. The van der Waals surface area contributed by atoms with Gasteiger partial charge in [0.2, 0.25) is 5.91 Å². The molecule has 3 aliphatic heterocycles. The minimum absolute atomic E-state index is 0.0227. The highest BCUT2D eigenvalue weighted by Crippen LogP contribution is 2.50. The Hall–Kier alpha value is -3.17. The molecule has 3 fully saturated rings. The monoisotopic (exact) mass is 373 g/mol. The summed E-state index contributed by atoms with van der Waals surface area (Å²) in [4.78, 5) is 29.5. The third-order valence-corrected chi connectivity index (χ3v) is 6.14. The summed E-state index contributed by atoms with van der Waals surface area (Å²) in [5, 5.41) is 9.34. The van der Waals surface area contributed by atoms with E-state index >= 15 is 0 Å². The van der Waals surface area contributed by atoms with Crippen LogP contribution in [-0.4, -0.2) is 46.5 Å². The molecule has 5 rings (SSSR count). The number of ether oxygens (including phenoxy) is 1. The lowest BCUT2D eigenvalue weighted by atomic mass is 10.0. The van der Waals surface area contributed by atoms with Crippen LogP contribution in [0.15, 0.2) is 54.6 Å². The SMILES string of the molecule is N#Cc1ccccc1C(=O)N1CC[C@@]23O[C@@H](c4ccccc4)CN2C(=O)C[C@@H]13. The second kappa shape index (κ2) is 6.18. The van der Waals surface area contributed by atoms with Crippen LogP contribution in [0, 0.1) is 11.3 Å². The molecule has 0 bridgehead atoms. The number of nitriles is 1. The van der Waals surface area contributed by atoms with Crippen molar-refractivity contribution in [2.75, 3.05) is 13.1 Å². The van der Waals surface area contributed by atoms with E-state index in [2.05, 4.69) is 6.07 Å². The first-order valence-electron chi connectivity index (χ1n) is 9.47. The highest BCUT2D eigenvalue weighted by Gasteiger charge is 2.65. The molecule has 140 valence electrons. The number of hydrogen-bond donors (Lipinski definition) is 0. The first kappa shape index (κ1) is 17.0. The zero-order valence-corrected chi connectivity index (χ0v) is 15.2. The quantitative estimate of drug-likeness (QED) is 0.811. The van der Waals surface area contributed by atoms with E-state index in [9.17, 15) is 14.9 Å². The van der Waals surface area contributed by atoms with Gasteiger partial charge in [-0.1, -0.05) is 42.5 Å². The lowest BCUT2D eigenvalue weighted by Crippen LogP contribution is -2.48. The standard InChI is InChI=1S/C22H19N3O3/c23-13-16-8-4-5-9-17(16)21(27)24-11-10-22-19(24)12-20(26)25(22)14-18(28-22)15-6-2-1-3-7-15/h1-9,18-19H,10-12,14H2/t18-,19-,22+/m1/s1. The minimum Gasteiger partial charge on any atom is -0.343 e. The number of nitrogens with zero attached hydrogens (tertiary/aromatic N) is 3. The van der Waals surface area contributed by atoms with Gasteiger partial charge in [-0.05, 0) is 17.7 Å². The van der Waals surface area contributed by atoms with Crippen molar-refractivity contribution in [1.82, 2.24) is 9.80 Å². The molecule has 0 saturated carbocycles. The average Bonchev–Trinajstić information content (AvgIpc) is 3.36. The van der Waals surface area contributed by atoms with Crippen molar-refractivity contribution in [3.8, 4) is 6.07 Å². The summed E-state index contributed by atoms with van der Waals surface area (Å²) >= 11 is 0. The minimum atomic E-state index is -0.755. The summed E-state index contributed by atoms with van der Waals surface area (Å²) in [6.45, 7) is 1.02. The summed E-state index contributed by atoms with van der Waals surface area (Å²) in [5.74, 6) is -0.185. The van der Waals surface area contributed by atoms with Crippen molar-refractivity contribution in [2.45, 2.75) is 30.7 Å². The highest BCUT2D eigenvalue weighted by molar-refractivity contribution is 5.98. The molecule has 3 heterocycles. The Bertz CT molecular complexity index is 1000. The van der Waals surface area contributed by atoms with E-state index in [1.807, 2.05) is 35.2 Å². The smallest absolute Gasteiger partial charge is 0.255 e. The van der Waals surface area contributed by atoms with Gasteiger partial charge in [0, 0.05) is 13.0 Å². The fraction of sp³-hybridized carbons (Fsp3) is 0.318. The zero-order chi connectivity index (χ0) is 19.3. The molecule has 28 heavy (non-hydrogen) atoms. The molecule has 0 N–H and O–H groups in total. The van der Waals surface area contributed by atoms with Gasteiger partial charge in [0.25, 0.3) is 5.91 Å². The fourth-order valence-corrected chi connectivity index (χ4v) is 4.83. The lowest BCUT2D eigenvalue weighted by Gasteiger charge is -2.32. The normalized spacial score (nSPS) is 28.2. The van der Waals surface area contributed by atoms with Gasteiger partial charge in [-0.3, -0.25) is 9.59 Å². The Kier molecular flexibility index (Phi) is 3.74. The zero-order valence-electron chi connectivity index (χ0n) is 15.2. The van der Waals surface area contributed by atoms with Crippen molar-refractivity contribution < 1.29 is 14.3 Å². The van der Waals surface area contributed by atoms with Crippen molar-refractivity contribution in [2.24, 2.45) is 0 Å². The molecule has 0 aromatic heterocycles. The molecule has 2 aromatic carbocycles. The average molecular weight is 373 g/mol. The van der Waals surface area contributed by atoms with Crippen molar-refractivity contribution in [1.29, 1.82) is 5.26 Å². The molecule has 6 heteroatoms. The molecule has 1 spiro atoms. The van der Waals surface area contributed by atoms with E-state index in [0.29, 0.717) is 30.6 Å². The van der Waals surface area contributed by atoms with Crippen LogP contribution in [0.5, 0.6) is 0 Å². The molecule has 3 saturated heterocycles. The Labute approximate surface area is 162 Å². The van der Waals surface area contributed by atoms with Crippen LogP contribution in [0.3, 0.4) is 0 Å². The summed E-state index contributed by atoms with van der Waals surface area (Å²) < 4.78 is 6.47. The summed E-state index contributed by atoms with van der Waals surface area (Å²) in [6, 6.07) is 18.4. The maximum atomic E-state index is 13.2. The van der Waals surface area contributed by atoms with Crippen LogP contribution in [0.4, 0.5) is 0 Å². The number of likely N-dealkylation sites (tertiary alicyclic amines) is 1. The first-order chi connectivity index (χ1) is 13.6. The predicted molar refractivity (Wildman–Crippen MR) is 99.9 cm³/mol. The molecule has 6 nitrogen and oxygen atoms in total. The Morgan fingerprint density at radius 1 is 1.14 bits per heavy atom. The lowest BCUT2D eigenvalue weighted by molar-refractivity contribution is -0.138. The molecule has 0 radical (unpaired) electrons. The van der Waals surface area contributed by atoms with E-state index in [-0.39, 0.29) is 30.4 Å². The van der Waals surface area contributed by atoms with Crippen molar-refractivity contribution >= 4 is 11.8 Å². The van der Waals surface area contributed by atoms with Crippen LogP contribution < -0.4 is 0 Å². The fourth-order valence-electron chi connectivity index (χ4n) is 4.83. The maximum absolute atomic E-state index is 13.2. The summed E-state index contributed by atoms with van der Waals surface area (Å²) in [5.41, 5.74) is 1.02. The largest absolute Gasteiger partial charge is 0.343 e. The van der Waals surface area contributed by atoms with Gasteiger partial charge in [0.05, 0.1) is 36.2 Å². The molecule has 2 amide bonds. The van der Waals surface area contributed by atoms with Gasteiger partial charge in [0.15, 0.2) is 5.72 Å². The van der Waals surface area contributed by atoms with E-state index in [1.54, 1.807) is 29.2 Å². The van der Waals surface area contributed by atoms with E-state index in [0.717, 1.165) is 5.56 Å². The van der Waals surface area contributed by atoms with Gasteiger partial charge < -0.3 is 14.5 Å². The molecule has 2 aromatic rings. The number of rotatable bonds is 2. The van der Waals surface area contributed by atoms with E-state index in [1.165, 1.54) is 0 Å². The topological polar surface area (TPSA) is 73.6 Å². The van der Waals surface area contributed by atoms with Crippen LogP contribution in [0.1, 0.15) is 40.4 Å². The third kappa shape index (κ3) is 2.30. The second-order valence-corrected chi connectivity index (χ2v) is 7.49. The van der Waals surface area contributed by atoms with Gasteiger partial charge in [-0.2, -0.15) is 5.26 Å². The summed E-state index contributed by atoms with van der Waals surface area (Å²) in [7, 11) is 0. The van der Waals surface area contributed by atoms with Gasteiger partial charge in [0.1, 0.15) is 6.10 Å². The van der Waals surface area contributed by atoms with Crippen LogP contribution in [0.2, 0.25) is 0 Å². The molecule has 0 aliphatic carbocycles. The van der Waals surface area contributed by atoms with Gasteiger partial charge in [-0.15, -0.1) is 0 Å². The van der Waals surface area contributed by atoms with Gasteiger partial charge >= 0.3 is 0 Å². The van der Waals surface area contributed by atoms with Gasteiger partial charge in [-0.25, -0.2) is 0 Å². The van der Waals surface area contributed by atoms with E-state index < -0.39 is 5.72 Å². The second-order valence-electron chi connectivity index (χ2n) is 7.49. The Morgan fingerprint density at radius 3 is 2.68 bits per heavy atom. The first-order valence-corrected chi connectivity index (χ1v) is 9.47. The number of hydrogen-bond acceptors (Lipinski definition) is 4. The number of amides is 2. The van der Waals surface area contributed by atoms with Crippen molar-refractivity contribution in [3.05, 3.63) is 71.3 Å². The van der Waals surface area contributed by atoms with Crippen LogP contribution in [-0.2, 0) is 9.53 Å². The number of carbonyl (C=O) groups excluding carboxylic acids is 2. The van der Waals surface area contributed by atoms with Crippen molar-refractivity contribution in [3.63, 3.8) is 0 Å². The van der Waals surface area contributed by atoms with Crippen LogP contribution in [0.25, 0.3) is 0 Å². The van der Waals surface area contributed by atoms with E-state index in [4.69, 9.17) is 4.74 Å². The maximum Gasteiger partial charge on any atom is 0.255 e. The molecule has 3 atom stereocenters. The number of benzene rings is 2. The third-order valence-electron chi connectivity index (χ3n) is 6.14. The molecule has 0 unspecified atom stereocenters. The van der Waals surface area contributed by atoms with Crippen LogP contribution >= 0.6 is 0 Å². The Balaban J connectivity index is 1.47. The predicted octanol–water partition coefficient (Wildman–Crippen LogP) is 2.47.